The van der Waals surface area contributed by atoms with E-state index in [4.69, 9.17) is 0 Å². The van der Waals surface area contributed by atoms with Crippen molar-refractivity contribution in [3.63, 3.8) is 0 Å². The van der Waals surface area contributed by atoms with Crippen molar-refractivity contribution in [2.45, 2.75) is 39.8 Å². The maximum absolute atomic E-state index is 12.4. The highest BCUT2D eigenvalue weighted by atomic mass is 16.2. The summed E-state index contributed by atoms with van der Waals surface area (Å²) in [6, 6.07) is 15.4. The molecule has 0 bridgehead atoms. The zero-order valence-electron chi connectivity index (χ0n) is 16.7. The Balaban J connectivity index is 1.52. The van der Waals surface area contributed by atoms with Crippen molar-refractivity contribution in [1.82, 2.24) is 10.2 Å². The number of benzene rings is 2. The normalized spacial score (nSPS) is 13.4. The molecule has 3 rings (SSSR count). The lowest BCUT2D eigenvalue weighted by atomic mass is 10.1. The second-order valence-electron chi connectivity index (χ2n) is 7.30. The van der Waals surface area contributed by atoms with Crippen LogP contribution in [0.15, 0.2) is 48.5 Å². The molecule has 0 aromatic heterocycles. The average Bonchev–Trinajstić information content (AvgIpc) is 3.56. The minimum atomic E-state index is -0.0955. The Morgan fingerprint density at radius 1 is 1.00 bits per heavy atom. The fourth-order valence-corrected chi connectivity index (χ4v) is 3.10. The molecule has 0 unspecified atom stereocenters. The first-order valence-corrected chi connectivity index (χ1v) is 10.1. The number of amides is 2. The summed E-state index contributed by atoms with van der Waals surface area (Å²) in [6.45, 7) is 7.65. The number of carbonyl (C=O) groups is 2. The van der Waals surface area contributed by atoms with Gasteiger partial charge in [-0.25, -0.2) is 0 Å². The molecule has 1 fully saturated rings. The van der Waals surface area contributed by atoms with Gasteiger partial charge in [0.15, 0.2) is 0 Å². The summed E-state index contributed by atoms with van der Waals surface area (Å²) >= 11 is 0. The molecule has 5 heteroatoms. The molecule has 0 radical (unpaired) electrons. The number of nitrogens with one attached hydrogen (secondary N) is 2. The average molecular weight is 380 g/mol. The molecule has 0 atom stereocenters. The van der Waals surface area contributed by atoms with Crippen LogP contribution in [0.1, 0.15) is 48.2 Å². The van der Waals surface area contributed by atoms with Crippen molar-refractivity contribution < 1.29 is 9.59 Å². The third kappa shape index (κ3) is 5.67. The third-order valence-electron chi connectivity index (χ3n) is 5.11. The van der Waals surface area contributed by atoms with Crippen LogP contribution < -0.4 is 10.6 Å². The van der Waals surface area contributed by atoms with Crippen LogP contribution in [-0.4, -0.2) is 29.8 Å². The van der Waals surface area contributed by atoms with E-state index in [2.05, 4.69) is 29.4 Å². The van der Waals surface area contributed by atoms with Crippen LogP contribution in [0.3, 0.4) is 0 Å². The quantitative estimate of drug-likeness (QED) is 0.696. The zero-order chi connectivity index (χ0) is 19.9. The lowest BCUT2D eigenvalue weighted by Crippen LogP contribution is -2.23. The Morgan fingerprint density at radius 3 is 2.36 bits per heavy atom. The van der Waals surface area contributed by atoms with Gasteiger partial charge in [0.05, 0.1) is 0 Å². The topological polar surface area (TPSA) is 61.4 Å². The monoisotopic (exact) mass is 379 g/mol. The van der Waals surface area contributed by atoms with Gasteiger partial charge in [-0.1, -0.05) is 38.1 Å². The van der Waals surface area contributed by atoms with Crippen LogP contribution in [0.25, 0.3) is 0 Å². The number of rotatable bonds is 9. The van der Waals surface area contributed by atoms with Crippen molar-refractivity contribution >= 4 is 17.5 Å². The van der Waals surface area contributed by atoms with Crippen LogP contribution in [-0.2, 0) is 17.9 Å². The molecule has 2 aromatic carbocycles. The molecule has 0 saturated heterocycles. The Kier molecular flexibility index (Phi) is 6.82. The SMILES string of the molecule is CCN(CC)Cc1ccc(C(=O)NCc2cccc(NC(=O)C3CC3)c2)cc1. The third-order valence-corrected chi connectivity index (χ3v) is 5.11. The van der Waals surface area contributed by atoms with Crippen molar-refractivity contribution in [3.05, 3.63) is 65.2 Å². The summed E-state index contributed by atoms with van der Waals surface area (Å²) in [7, 11) is 0. The van der Waals surface area contributed by atoms with Gasteiger partial charge < -0.3 is 10.6 Å². The highest BCUT2D eigenvalue weighted by Gasteiger charge is 2.29. The van der Waals surface area contributed by atoms with E-state index in [1.807, 2.05) is 48.5 Å². The fourth-order valence-electron chi connectivity index (χ4n) is 3.10. The van der Waals surface area contributed by atoms with Crippen molar-refractivity contribution in [3.8, 4) is 0 Å². The second kappa shape index (κ2) is 9.51. The van der Waals surface area contributed by atoms with Crippen LogP contribution in [0.5, 0.6) is 0 Å². The lowest BCUT2D eigenvalue weighted by molar-refractivity contribution is -0.117. The standard InChI is InChI=1S/C23H29N3O2/c1-3-26(4-2)16-17-8-10-19(11-9-17)22(27)24-15-18-6-5-7-21(14-18)25-23(28)20-12-13-20/h5-11,14,20H,3-4,12-13,15-16H2,1-2H3,(H,24,27)(H,25,28). The van der Waals surface area contributed by atoms with E-state index in [-0.39, 0.29) is 17.7 Å². The highest BCUT2D eigenvalue weighted by molar-refractivity contribution is 5.95. The molecule has 28 heavy (non-hydrogen) atoms. The molecule has 0 aliphatic heterocycles. The van der Waals surface area contributed by atoms with Gasteiger partial charge in [-0.2, -0.15) is 0 Å². The summed E-state index contributed by atoms with van der Waals surface area (Å²) in [6.07, 6.45) is 1.96. The molecule has 1 aliphatic rings. The molecule has 1 aliphatic carbocycles. The van der Waals surface area contributed by atoms with E-state index in [1.165, 1.54) is 5.56 Å². The fraction of sp³-hybridized carbons (Fsp3) is 0.391. The summed E-state index contributed by atoms with van der Waals surface area (Å²) in [5.41, 5.74) is 3.60. The summed E-state index contributed by atoms with van der Waals surface area (Å²) in [5.74, 6) is 0.167. The van der Waals surface area contributed by atoms with E-state index in [0.29, 0.717) is 12.1 Å². The molecular formula is C23H29N3O2. The van der Waals surface area contributed by atoms with E-state index < -0.39 is 0 Å². The Hall–Kier alpha value is -2.66. The maximum Gasteiger partial charge on any atom is 0.251 e. The zero-order valence-corrected chi connectivity index (χ0v) is 16.7. The molecule has 0 heterocycles. The molecule has 148 valence electrons. The molecule has 0 spiro atoms. The van der Waals surface area contributed by atoms with E-state index in [1.54, 1.807) is 0 Å². The number of hydrogen-bond acceptors (Lipinski definition) is 3. The van der Waals surface area contributed by atoms with Gasteiger partial charge in [-0.15, -0.1) is 0 Å². The van der Waals surface area contributed by atoms with Crippen molar-refractivity contribution in [1.29, 1.82) is 0 Å². The predicted octanol–water partition coefficient (Wildman–Crippen LogP) is 3.81. The van der Waals surface area contributed by atoms with Crippen LogP contribution in [0.2, 0.25) is 0 Å². The number of carbonyl (C=O) groups excluding carboxylic acids is 2. The van der Waals surface area contributed by atoms with E-state index >= 15 is 0 Å². The first-order valence-electron chi connectivity index (χ1n) is 10.1. The van der Waals surface area contributed by atoms with Gasteiger partial charge in [0.1, 0.15) is 0 Å². The first-order chi connectivity index (χ1) is 13.6. The number of hydrogen-bond donors (Lipinski definition) is 2. The van der Waals surface area contributed by atoms with Gasteiger partial charge in [0, 0.05) is 30.3 Å². The minimum Gasteiger partial charge on any atom is -0.348 e. The van der Waals surface area contributed by atoms with E-state index in [9.17, 15) is 9.59 Å². The minimum absolute atomic E-state index is 0.0889. The number of nitrogens with zero attached hydrogens (tertiary/aromatic N) is 1. The number of anilines is 1. The Labute approximate surface area is 167 Å². The van der Waals surface area contributed by atoms with Crippen molar-refractivity contribution in [2.75, 3.05) is 18.4 Å². The van der Waals surface area contributed by atoms with Gasteiger partial charge in [0.25, 0.3) is 5.91 Å². The molecule has 1 saturated carbocycles. The Bertz CT molecular complexity index is 809. The second-order valence-corrected chi connectivity index (χ2v) is 7.30. The summed E-state index contributed by atoms with van der Waals surface area (Å²) in [5, 5.41) is 5.89. The first kappa shape index (κ1) is 20.1. The lowest BCUT2D eigenvalue weighted by Gasteiger charge is -2.18. The van der Waals surface area contributed by atoms with Crippen LogP contribution in [0, 0.1) is 5.92 Å². The van der Waals surface area contributed by atoms with Gasteiger partial charge in [-0.3, -0.25) is 14.5 Å². The van der Waals surface area contributed by atoms with Crippen LogP contribution in [0.4, 0.5) is 5.69 Å². The Morgan fingerprint density at radius 2 is 1.71 bits per heavy atom. The molecule has 2 N–H and O–H groups in total. The van der Waals surface area contributed by atoms with Crippen molar-refractivity contribution in [2.24, 2.45) is 5.92 Å². The highest BCUT2D eigenvalue weighted by Crippen LogP contribution is 2.30. The molecule has 2 aromatic rings. The van der Waals surface area contributed by atoms with Crippen LogP contribution >= 0.6 is 0 Å². The smallest absolute Gasteiger partial charge is 0.251 e. The molecule has 5 nitrogen and oxygen atoms in total. The molecular weight excluding hydrogens is 350 g/mol. The summed E-state index contributed by atoms with van der Waals surface area (Å²) in [4.78, 5) is 26.7. The van der Waals surface area contributed by atoms with E-state index in [0.717, 1.165) is 43.7 Å². The summed E-state index contributed by atoms with van der Waals surface area (Å²) < 4.78 is 0. The van der Waals surface area contributed by atoms with Gasteiger partial charge in [-0.05, 0) is 61.3 Å². The maximum atomic E-state index is 12.4. The largest absolute Gasteiger partial charge is 0.348 e. The molecule has 2 amide bonds. The van der Waals surface area contributed by atoms with Gasteiger partial charge in [0.2, 0.25) is 5.91 Å². The predicted molar refractivity (Wildman–Crippen MR) is 112 cm³/mol. The van der Waals surface area contributed by atoms with Gasteiger partial charge >= 0.3 is 0 Å².